The smallest absolute Gasteiger partial charge is 0.107 e. The van der Waals surface area contributed by atoms with Gasteiger partial charge in [-0.15, -0.1) is 0 Å². The minimum absolute atomic E-state index is 0.0650. The molecule has 0 amide bonds. The lowest BCUT2D eigenvalue weighted by atomic mass is 9.67. The summed E-state index contributed by atoms with van der Waals surface area (Å²) in [7, 11) is 2.16. The molecule has 2 heteroatoms. The molecule has 0 bridgehead atoms. The molecule has 0 unspecified atom stereocenters. The normalized spacial score (nSPS) is 48.4. The van der Waals surface area contributed by atoms with Crippen LogP contribution < -0.4 is 0 Å². The Morgan fingerprint density at radius 1 is 1.50 bits per heavy atom. The highest BCUT2D eigenvalue weighted by atomic mass is 19.1. The Kier molecular flexibility index (Phi) is 2.37. The van der Waals surface area contributed by atoms with Gasteiger partial charge in [0.15, 0.2) is 0 Å². The Balaban J connectivity index is 2.16. The van der Waals surface area contributed by atoms with E-state index in [1.807, 2.05) is 0 Å². The zero-order valence-electron chi connectivity index (χ0n) is 9.65. The van der Waals surface area contributed by atoms with Gasteiger partial charge in [0.25, 0.3) is 0 Å². The largest absolute Gasteiger partial charge is 0.306 e. The molecule has 0 aromatic heterocycles. The SMILES string of the molecule is CCC[C@]1(C)CN(C)CC[C@]12C[C@H]2F. The van der Waals surface area contributed by atoms with Crippen molar-refractivity contribution in [2.24, 2.45) is 10.8 Å². The van der Waals surface area contributed by atoms with Crippen LogP contribution in [0, 0.1) is 10.8 Å². The first-order valence-electron chi connectivity index (χ1n) is 5.87. The lowest BCUT2D eigenvalue weighted by molar-refractivity contribution is 0.0141. The summed E-state index contributed by atoms with van der Waals surface area (Å²) in [6.45, 7) is 6.68. The van der Waals surface area contributed by atoms with Crippen molar-refractivity contribution in [1.82, 2.24) is 4.90 Å². The fourth-order valence-electron chi connectivity index (χ4n) is 3.55. The zero-order chi connectivity index (χ0) is 10.4. The Labute approximate surface area is 86.7 Å². The predicted molar refractivity (Wildman–Crippen MR) is 57.1 cm³/mol. The first-order chi connectivity index (χ1) is 6.54. The predicted octanol–water partition coefficient (Wildman–Crippen LogP) is 2.86. The number of likely N-dealkylation sites (tertiary alicyclic amines) is 1. The quantitative estimate of drug-likeness (QED) is 0.661. The van der Waals surface area contributed by atoms with E-state index in [0.717, 1.165) is 25.9 Å². The minimum atomic E-state index is -0.507. The molecule has 0 aromatic carbocycles. The molecule has 2 aliphatic rings. The summed E-state index contributed by atoms with van der Waals surface area (Å²) >= 11 is 0. The number of hydrogen-bond donors (Lipinski definition) is 0. The van der Waals surface area contributed by atoms with E-state index in [1.165, 1.54) is 12.8 Å². The van der Waals surface area contributed by atoms with E-state index in [1.54, 1.807) is 0 Å². The van der Waals surface area contributed by atoms with Crippen molar-refractivity contribution in [3.8, 4) is 0 Å². The van der Waals surface area contributed by atoms with Crippen molar-refractivity contribution in [1.29, 1.82) is 0 Å². The molecule has 1 aliphatic heterocycles. The van der Waals surface area contributed by atoms with Crippen molar-refractivity contribution in [3.63, 3.8) is 0 Å². The third-order valence-corrected chi connectivity index (χ3v) is 4.55. The monoisotopic (exact) mass is 199 g/mol. The van der Waals surface area contributed by atoms with Gasteiger partial charge < -0.3 is 4.90 Å². The topological polar surface area (TPSA) is 3.24 Å². The Hall–Kier alpha value is -0.110. The molecule has 14 heavy (non-hydrogen) atoms. The van der Waals surface area contributed by atoms with Crippen LogP contribution in [0.3, 0.4) is 0 Å². The second-order valence-corrected chi connectivity index (χ2v) is 5.63. The Morgan fingerprint density at radius 3 is 2.64 bits per heavy atom. The summed E-state index contributed by atoms with van der Waals surface area (Å²) in [5, 5.41) is 0. The molecule has 2 fully saturated rings. The van der Waals surface area contributed by atoms with E-state index in [9.17, 15) is 4.39 Å². The molecule has 3 atom stereocenters. The summed E-state index contributed by atoms with van der Waals surface area (Å²) in [6.07, 6.45) is 3.75. The van der Waals surface area contributed by atoms with E-state index in [0.29, 0.717) is 0 Å². The molecule has 1 spiro atoms. The van der Waals surface area contributed by atoms with E-state index in [-0.39, 0.29) is 10.8 Å². The highest BCUT2D eigenvalue weighted by molar-refractivity contribution is 5.15. The molecule has 1 nitrogen and oxygen atoms in total. The Morgan fingerprint density at radius 2 is 2.14 bits per heavy atom. The van der Waals surface area contributed by atoms with Crippen LogP contribution in [0.5, 0.6) is 0 Å². The van der Waals surface area contributed by atoms with Crippen LogP contribution in [0.25, 0.3) is 0 Å². The third-order valence-electron chi connectivity index (χ3n) is 4.55. The molecular weight excluding hydrogens is 177 g/mol. The Bertz CT molecular complexity index is 230. The summed E-state index contributed by atoms with van der Waals surface area (Å²) in [6, 6.07) is 0. The third kappa shape index (κ3) is 1.30. The standard InChI is InChI=1S/C12H22FN/c1-4-5-11(2)9-14(3)7-6-12(11)8-10(12)13/h10H,4-9H2,1-3H3/t10-,11-,12-/m1/s1. The minimum Gasteiger partial charge on any atom is -0.306 e. The maximum absolute atomic E-state index is 13.6. The molecule has 1 saturated heterocycles. The number of halogens is 1. The number of piperidine rings is 1. The van der Waals surface area contributed by atoms with Gasteiger partial charge in [-0.2, -0.15) is 0 Å². The summed E-state index contributed by atoms with van der Waals surface area (Å²) in [4.78, 5) is 2.37. The van der Waals surface area contributed by atoms with Gasteiger partial charge in [-0.25, -0.2) is 4.39 Å². The van der Waals surface area contributed by atoms with Gasteiger partial charge in [0.05, 0.1) is 0 Å². The van der Waals surface area contributed by atoms with Gasteiger partial charge in [0.2, 0.25) is 0 Å². The van der Waals surface area contributed by atoms with Gasteiger partial charge in [0, 0.05) is 12.0 Å². The summed E-state index contributed by atoms with van der Waals surface area (Å²) < 4.78 is 13.6. The van der Waals surface area contributed by atoms with Crippen LogP contribution in [0.2, 0.25) is 0 Å². The van der Waals surface area contributed by atoms with Crippen LogP contribution in [0.1, 0.15) is 39.5 Å². The average molecular weight is 199 g/mol. The lowest BCUT2D eigenvalue weighted by Crippen LogP contribution is -2.48. The molecule has 82 valence electrons. The van der Waals surface area contributed by atoms with Crippen LogP contribution in [-0.2, 0) is 0 Å². The van der Waals surface area contributed by atoms with Gasteiger partial charge >= 0.3 is 0 Å². The van der Waals surface area contributed by atoms with Crippen LogP contribution in [0.15, 0.2) is 0 Å². The van der Waals surface area contributed by atoms with Crippen LogP contribution in [-0.4, -0.2) is 31.2 Å². The molecule has 1 aliphatic carbocycles. The van der Waals surface area contributed by atoms with Crippen molar-refractivity contribution < 1.29 is 4.39 Å². The van der Waals surface area contributed by atoms with Crippen molar-refractivity contribution >= 4 is 0 Å². The molecular formula is C12H22FN. The highest BCUT2D eigenvalue weighted by Gasteiger charge is 2.65. The van der Waals surface area contributed by atoms with Crippen molar-refractivity contribution in [3.05, 3.63) is 0 Å². The van der Waals surface area contributed by atoms with Gasteiger partial charge in [0.1, 0.15) is 6.17 Å². The van der Waals surface area contributed by atoms with Crippen LogP contribution in [0.4, 0.5) is 4.39 Å². The van der Waals surface area contributed by atoms with Gasteiger partial charge in [-0.05, 0) is 38.3 Å². The molecule has 2 rings (SSSR count). The highest BCUT2D eigenvalue weighted by Crippen LogP contribution is 2.65. The van der Waals surface area contributed by atoms with E-state index in [4.69, 9.17) is 0 Å². The van der Waals surface area contributed by atoms with Crippen LogP contribution >= 0.6 is 0 Å². The maximum Gasteiger partial charge on any atom is 0.107 e. The maximum atomic E-state index is 13.6. The second kappa shape index (κ2) is 3.19. The molecule has 0 N–H and O–H groups in total. The zero-order valence-corrected chi connectivity index (χ0v) is 9.65. The van der Waals surface area contributed by atoms with E-state index >= 15 is 0 Å². The van der Waals surface area contributed by atoms with Crippen molar-refractivity contribution in [2.45, 2.75) is 45.7 Å². The fourth-order valence-corrected chi connectivity index (χ4v) is 3.55. The first kappa shape index (κ1) is 10.4. The average Bonchev–Trinajstić information content (AvgIpc) is 2.73. The number of hydrogen-bond acceptors (Lipinski definition) is 1. The molecule has 0 radical (unpaired) electrons. The van der Waals surface area contributed by atoms with E-state index in [2.05, 4.69) is 25.8 Å². The summed E-state index contributed by atoms with van der Waals surface area (Å²) in [5.41, 5.74) is 0.295. The molecule has 1 saturated carbocycles. The lowest BCUT2D eigenvalue weighted by Gasteiger charge is -2.46. The number of rotatable bonds is 2. The second-order valence-electron chi connectivity index (χ2n) is 5.63. The van der Waals surface area contributed by atoms with Crippen molar-refractivity contribution in [2.75, 3.05) is 20.1 Å². The van der Waals surface area contributed by atoms with E-state index < -0.39 is 6.17 Å². The summed E-state index contributed by atoms with van der Waals surface area (Å²) in [5.74, 6) is 0. The van der Waals surface area contributed by atoms with Gasteiger partial charge in [-0.3, -0.25) is 0 Å². The fraction of sp³-hybridized carbons (Fsp3) is 1.00. The number of alkyl halides is 1. The first-order valence-corrected chi connectivity index (χ1v) is 5.87. The molecule has 1 heterocycles. The number of nitrogens with zero attached hydrogens (tertiary/aromatic N) is 1. The molecule has 0 aromatic rings. The van der Waals surface area contributed by atoms with Gasteiger partial charge in [-0.1, -0.05) is 20.3 Å².